The first kappa shape index (κ1) is 19.7. The third-order valence-corrected chi connectivity index (χ3v) is 8.34. The summed E-state index contributed by atoms with van der Waals surface area (Å²) in [5.41, 5.74) is -0.616. The van der Waals surface area contributed by atoms with Crippen LogP contribution >= 0.6 is 11.6 Å². The molecule has 3 N–H and O–H groups in total. The molecule has 3 saturated carbocycles. The second kappa shape index (κ2) is 7.14. The molecule has 4 aliphatic rings. The summed E-state index contributed by atoms with van der Waals surface area (Å²) in [6.45, 7) is 2.30. The first-order valence-corrected chi connectivity index (χ1v) is 10.5. The highest BCUT2D eigenvalue weighted by atomic mass is 35.5. The van der Waals surface area contributed by atoms with Crippen LogP contribution in [-0.2, 0) is 0 Å². The van der Waals surface area contributed by atoms with Gasteiger partial charge in [0.1, 0.15) is 0 Å². The van der Waals surface area contributed by atoms with Gasteiger partial charge in [-0.15, -0.1) is 11.6 Å². The van der Waals surface area contributed by atoms with Crippen LogP contribution in [-0.4, -0.2) is 40.9 Å². The lowest BCUT2D eigenvalue weighted by atomic mass is 9.55. The van der Waals surface area contributed by atoms with E-state index < -0.39 is 10.5 Å². The summed E-state index contributed by atoms with van der Waals surface area (Å²) < 4.78 is 0. The fourth-order valence-electron chi connectivity index (χ4n) is 6.28. The molecule has 25 heavy (non-hydrogen) atoms. The minimum absolute atomic E-state index is 0.127. The summed E-state index contributed by atoms with van der Waals surface area (Å²) in [6.07, 6.45) is 13.1. The molecular weight excluding hydrogens is 334 g/mol. The van der Waals surface area contributed by atoms with E-state index in [1.165, 1.54) is 0 Å². The predicted molar refractivity (Wildman–Crippen MR) is 104 cm³/mol. The van der Waals surface area contributed by atoms with Crippen molar-refractivity contribution in [3.8, 4) is 0 Å². The summed E-state index contributed by atoms with van der Waals surface area (Å²) in [6, 6.07) is 0. The van der Waals surface area contributed by atoms with Gasteiger partial charge in [-0.1, -0.05) is 19.1 Å². The monoisotopic (exact) mass is 369 g/mol. The number of nitrogens with one attached hydrogen (secondary N) is 1. The molecule has 0 bridgehead atoms. The Hall–Kier alpha value is -0.0900. The highest BCUT2D eigenvalue weighted by Gasteiger charge is 2.63. The van der Waals surface area contributed by atoms with E-state index in [0.717, 1.165) is 57.8 Å². The maximum absolute atomic E-state index is 11.7. The quantitative estimate of drug-likeness (QED) is 0.448. The van der Waals surface area contributed by atoms with Crippen LogP contribution in [0.25, 0.3) is 0 Å². The maximum atomic E-state index is 11.7. The molecule has 0 radical (unpaired) electrons. The van der Waals surface area contributed by atoms with Crippen molar-refractivity contribution in [1.82, 2.24) is 5.32 Å². The second-order valence-electron chi connectivity index (χ2n) is 9.32. The van der Waals surface area contributed by atoms with Crippen molar-refractivity contribution in [2.45, 2.75) is 81.3 Å². The molecule has 0 amide bonds. The van der Waals surface area contributed by atoms with E-state index in [2.05, 4.69) is 24.4 Å². The molecule has 7 atom stereocenters. The van der Waals surface area contributed by atoms with E-state index in [4.69, 9.17) is 11.6 Å². The van der Waals surface area contributed by atoms with E-state index in [-0.39, 0.29) is 17.4 Å². The van der Waals surface area contributed by atoms with Gasteiger partial charge in [0.25, 0.3) is 0 Å². The number of allylic oxidation sites excluding steroid dienone is 2. The van der Waals surface area contributed by atoms with Crippen LogP contribution in [0.3, 0.4) is 0 Å². The van der Waals surface area contributed by atoms with Crippen LogP contribution in [0.5, 0.6) is 0 Å². The van der Waals surface area contributed by atoms with Gasteiger partial charge in [0.2, 0.25) is 0 Å². The molecule has 3 fully saturated rings. The molecule has 3 nitrogen and oxygen atoms in total. The molecule has 0 aliphatic heterocycles. The van der Waals surface area contributed by atoms with E-state index >= 15 is 0 Å². The van der Waals surface area contributed by atoms with Crippen LogP contribution < -0.4 is 5.32 Å². The fourth-order valence-corrected chi connectivity index (χ4v) is 6.80. The summed E-state index contributed by atoms with van der Waals surface area (Å²) in [5.74, 6) is 1.42. The van der Waals surface area contributed by atoms with Crippen LogP contribution in [0.4, 0.5) is 0 Å². The first-order valence-electron chi connectivity index (χ1n) is 10.1. The first-order chi connectivity index (χ1) is 11.8. The Balaban J connectivity index is 0.000000569. The Morgan fingerprint density at radius 1 is 1.08 bits per heavy atom. The highest BCUT2D eigenvalue weighted by Crippen LogP contribution is 2.63. The Kier molecular flexibility index (Phi) is 5.62. The summed E-state index contributed by atoms with van der Waals surface area (Å²) in [4.78, 5) is -0.486. The summed E-state index contributed by atoms with van der Waals surface area (Å²) in [5, 5.41) is 24.6. The number of rotatable bonds is 0. The minimum atomic E-state index is -0.743. The molecular formula is C21H36ClNO2. The predicted octanol–water partition coefficient (Wildman–Crippen LogP) is 3.87. The van der Waals surface area contributed by atoms with Crippen LogP contribution in [0.1, 0.15) is 64.7 Å². The molecule has 0 aromatic carbocycles. The van der Waals surface area contributed by atoms with E-state index in [1.54, 1.807) is 0 Å². The topological polar surface area (TPSA) is 52.5 Å². The van der Waals surface area contributed by atoms with Crippen LogP contribution in [0.2, 0.25) is 0 Å². The zero-order valence-corrected chi connectivity index (χ0v) is 16.9. The largest absolute Gasteiger partial charge is 0.393 e. The van der Waals surface area contributed by atoms with Crippen LogP contribution in [0, 0.1) is 23.2 Å². The van der Waals surface area contributed by atoms with Crippen molar-refractivity contribution >= 4 is 11.6 Å². The number of fused-ring (bicyclic) bond motifs is 4. The van der Waals surface area contributed by atoms with Crippen molar-refractivity contribution < 1.29 is 10.2 Å². The van der Waals surface area contributed by atoms with Gasteiger partial charge in [-0.05, 0) is 89.1 Å². The van der Waals surface area contributed by atoms with Crippen molar-refractivity contribution in [2.24, 2.45) is 23.2 Å². The SMILES string of the molecule is CC12C=CCC1[C@@]1(O)CCC3CCC(O)CC3CC1(Cl)CC2.CNC. The summed E-state index contributed by atoms with van der Waals surface area (Å²) in [7, 11) is 3.75. The molecule has 4 aliphatic carbocycles. The number of halogens is 1. The van der Waals surface area contributed by atoms with E-state index in [9.17, 15) is 10.2 Å². The van der Waals surface area contributed by atoms with Gasteiger partial charge in [-0.3, -0.25) is 0 Å². The standard InChI is InChI=1S/C19H29ClO2.C2H7N/c1-17-7-2-3-16(17)19(22)8-6-13-4-5-15(21)11-14(13)12-18(19,20)10-9-17;1-3-2/h2,7,13-16,21-22H,3-6,8-12H2,1H3;3H,1-2H3/t13?,14?,15?,16?,17?,18?,19-;/m0./s1. The van der Waals surface area contributed by atoms with E-state index in [1.807, 2.05) is 14.1 Å². The maximum Gasteiger partial charge on any atom is 0.0877 e. The van der Waals surface area contributed by atoms with Crippen molar-refractivity contribution in [3.05, 3.63) is 12.2 Å². The molecule has 0 spiro atoms. The van der Waals surface area contributed by atoms with Crippen molar-refractivity contribution in [2.75, 3.05) is 14.1 Å². The number of alkyl halides is 1. The lowest BCUT2D eigenvalue weighted by Gasteiger charge is -2.56. The van der Waals surface area contributed by atoms with Gasteiger partial charge in [0, 0.05) is 5.92 Å². The smallest absolute Gasteiger partial charge is 0.0877 e. The molecule has 0 heterocycles. The molecule has 4 rings (SSSR count). The molecule has 4 heteroatoms. The highest BCUT2D eigenvalue weighted by molar-refractivity contribution is 6.25. The van der Waals surface area contributed by atoms with Crippen molar-refractivity contribution in [3.63, 3.8) is 0 Å². The number of aliphatic hydroxyl groups is 2. The third kappa shape index (κ3) is 3.31. The lowest BCUT2D eigenvalue weighted by molar-refractivity contribution is -0.121. The molecule has 144 valence electrons. The second-order valence-corrected chi connectivity index (χ2v) is 10.0. The van der Waals surface area contributed by atoms with Crippen LogP contribution in [0.15, 0.2) is 12.2 Å². The average Bonchev–Trinajstić information content (AvgIpc) is 2.90. The fraction of sp³-hybridized carbons (Fsp3) is 0.905. The lowest BCUT2D eigenvalue weighted by Crippen LogP contribution is -2.61. The number of aliphatic hydroxyl groups excluding tert-OH is 1. The van der Waals surface area contributed by atoms with E-state index in [0.29, 0.717) is 11.8 Å². The minimum Gasteiger partial charge on any atom is -0.393 e. The normalized spacial score (nSPS) is 51.4. The Bertz CT molecular complexity index is 512. The molecule has 6 unspecified atom stereocenters. The summed E-state index contributed by atoms with van der Waals surface area (Å²) >= 11 is 7.16. The van der Waals surface area contributed by atoms with Gasteiger partial charge in [-0.2, -0.15) is 0 Å². The number of hydrogen-bond donors (Lipinski definition) is 3. The third-order valence-electron chi connectivity index (χ3n) is 7.67. The zero-order chi connectivity index (χ0) is 18.3. The molecule has 0 aromatic heterocycles. The van der Waals surface area contributed by atoms with Gasteiger partial charge in [0.15, 0.2) is 0 Å². The molecule has 0 saturated heterocycles. The van der Waals surface area contributed by atoms with Gasteiger partial charge >= 0.3 is 0 Å². The van der Waals surface area contributed by atoms with Gasteiger partial charge < -0.3 is 15.5 Å². The zero-order valence-electron chi connectivity index (χ0n) is 16.1. The van der Waals surface area contributed by atoms with Gasteiger partial charge in [0.05, 0.1) is 16.6 Å². The Morgan fingerprint density at radius 2 is 1.80 bits per heavy atom. The van der Waals surface area contributed by atoms with Crippen molar-refractivity contribution in [1.29, 1.82) is 0 Å². The average molecular weight is 370 g/mol. The Labute approximate surface area is 158 Å². The number of hydrogen-bond acceptors (Lipinski definition) is 3. The van der Waals surface area contributed by atoms with Gasteiger partial charge in [-0.25, -0.2) is 0 Å². The molecule has 0 aromatic rings. The Morgan fingerprint density at radius 3 is 2.52 bits per heavy atom.